The second-order valence-electron chi connectivity index (χ2n) is 3.46. The Morgan fingerprint density at radius 2 is 2.00 bits per heavy atom. The first-order chi connectivity index (χ1) is 7.26. The van der Waals surface area contributed by atoms with Crippen molar-refractivity contribution in [2.75, 3.05) is 31.5 Å². The van der Waals surface area contributed by atoms with Crippen LogP contribution in [0.2, 0.25) is 0 Å². The fourth-order valence-corrected chi connectivity index (χ4v) is 1.90. The zero-order chi connectivity index (χ0) is 11.1. The third-order valence-corrected chi connectivity index (χ3v) is 2.97. The predicted octanol–water partition coefficient (Wildman–Crippen LogP) is 3.20. The summed E-state index contributed by atoms with van der Waals surface area (Å²) in [5.74, 6) is 0. The lowest BCUT2D eigenvalue weighted by Crippen LogP contribution is -2.28. The predicted molar refractivity (Wildman–Crippen MR) is 70.4 cm³/mol. The van der Waals surface area contributed by atoms with Gasteiger partial charge in [-0.15, -0.1) is 0 Å². The molecule has 0 heterocycles. The second-order valence-corrected chi connectivity index (χ2v) is 4.38. The Morgan fingerprint density at radius 3 is 2.60 bits per heavy atom. The lowest BCUT2D eigenvalue weighted by Gasteiger charge is -2.18. The standard InChI is InChI=1S/C12H19BrN2/c1-3-15(4-2)9-8-14-12-7-5-6-11(13)10-12/h5-7,10,14H,3-4,8-9H2,1-2H3. The van der Waals surface area contributed by atoms with Gasteiger partial charge in [0.15, 0.2) is 0 Å². The fraction of sp³-hybridized carbons (Fsp3) is 0.500. The van der Waals surface area contributed by atoms with Crippen LogP contribution >= 0.6 is 15.9 Å². The van der Waals surface area contributed by atoms with Gasteiger partial charge in [-0.3, -0.25) is 0 Å². The Bertz CT molecular complexity index is 285. The van der Waals surface area contributed by atoms with E-state index >= 15 is 0 Å². The van der Waals surface area contributed by atoms with Crippen LogP contribution < -0.4 is 5.32 Å². The molecule has 0 amide bonds. The number of anilines is 1. The van der Waals surface area contributed by atoms with Gasteiger partial charge in [0.2, 0.25) is 0 Å². The van der Waals surface area contributed by atoms with Gasteiger partial charge in [-0.2, -0.15) is 0 Å². The van der Waals surface area contributed by atoms with Crippen LogP contribution in [0.15, 0.2) is 28.7 Å². The van der Waals surface area contributed by atoms with Gasteiger partial charge in [0, 0.05) is 23.2 Å². The molecule has 0 radical (unpaired) electrons. The normalized spacial score (nSPS) is 10.7. The van der Waals surface area contributed by atoms with E-state index in [2.05, 4.69) is 52.1 Å². The van der Waals surface area contributed by atoms with Crippen LogP contribution in [0.5, 0.6) is 0 Å². The zero-order valence-corrected chi connectivity index (χ0v) is 11.0. The lowest BCUT2D eigenvalue weighted by atomic mass is 10.3. The molecule has 0 aliphatic heterocycles. The van der Waals surface area contributed by atoms with E-state index in [9.17, 15) is 0 Å². The van der Waals surface area contributed by atoms with Gasteiger partial charge < -0.3 is 10.2 Å². The van der Waals surface area contributed by atoms with Gasteiger partial charge >= 0.3 is 0 Å². The number of halogens is 1. The molecule has 0 aliphatic carbocycles. The fourth-order valence-electron chi connectivity index (χ4n) is 1.50. The molecule has 0 saturated carbocycles. The molecule has 0 aliphatic rings. The van der Waals surface area contributed by atoms with E-state index < -0.39 is 0 Å². The average Bonchev–Trinajstić information content (AvgIpc) is 2.25. The van der Waals surface area contributed by atoms with Gasteiger partial charge in [-0.1, -0.05) is 35.8 Å². The average molecular weight is 271 g/mol. The first-order valence-electron chi connectivity index (χ1n) is 5.48. The van der Waals surface area contributed by atoms with Crippen LogP contribution in [0.4, 0.5) is 5.69 Å². The van der Waals surface area contributed by atoms with Crippen molar-refractivity contribution in [3.63, 3.8) is 0 Å². The molecule has 84 valence electrons. The number of likely N-dealkylation sites (N-methyl/N-ethyl adjacent to an activating group) is 1. The summed E-state index contributed by atoms with van der Waals surface area (Å²) in [6.07, 6.45) is 0. The van der Waals surface area contributed by atoms with Crippen LogP contribution in [-0.4, -0.2) is 31.1 Å². The molecule has 0 fully saturated rings. The van der Waals surface area contributed by atoms with Crippen LogP contribution in [0.25, 0.3) is 0 Å². The van der Waals surface area contributed by atoms with Gasteiger partial charge in [0.25, 0.3) is 0 Å². The van der Waals surface area contributed by atoms with Crippen molar-refractivity contribution in [2.45, 2.75) is 13.8 Å². The van der Waals surface area contributed by atoms with Crippen LogP contribution in [0, 0.1) is 0 Å². The summed E-state index contributed by atoms with van der Waals surface area (Å²) in [6.45, 7) is 8.73. The third-order valence-electron chi connectivity index (χ3n) is 2.48. The van der Waals surface area contributed by atoms with Crippen molar-refractivity contribution in [1.29, 1.82) is 0 Å². The SMILES string of the molecule is CCN(CC)CCNc1cccc(Br)c1. The van der Waals surface area contributed by atoms with E-state index in [1.807, 2.05) is 12.1 Å². The molecule has 3 heteroatoms. The molecule has 0 atom stereocenters. The molecule has 1 aromatic carbocycles. The highest BCUT2D eigenvalue weighted by molar-refractivity contribution is 9.10. The van der Waals surface area contributed by atoms with Crippen molar-refractivity contribution >= 4 is 21.6 Å². The van der Waals surface area contributed by atoms with Crippen LogP contribution in [-0.2, 0) is 0 Å². The molecule has 1 rings (SSSR count). The zero-order valence-electron chi connectivity index (χ0n) is 9.46. The molecule has 0 aromatic heterocycles. The first kappa shape index (κ1) is 12.5. The second kappa shape index (κ2) is 6.85. The van der Waals surface area contributed by atoms with E-state index in [1.165, 1.54) is 5.69 Å². The number of nitrogens with zero attached hydrogens (tertiary/aromatic N) is 1. The van der Waals surface area contributed by atoms with E-state index in [-0.39, 0.29) is 0 Å². The number of nitrogens with one attached hydrogen (secondary N) is 1. The maximum absolute atomic E-state index is 3.46. The molecular formula is C12H19BrN2. The van der Waals surface area contributed by atoms with Crippen molar-refractivity contribution in [3.05, 3.63) is 28.7 Å². The Morgan fingerprint density at radius 1 is 1.27 bits per heavy atom. The summed E-state index contributed by atoms with van der Waals surface area (Å²) >= 11 is 3.46. The minimum absolute atomic E-state index is 0.998. The number of hydrogen-bond acceptors (Lipinski definition) is 2. The molecule has 0 saturated heterocycles. The molecule has 0 bridgehead atoms. The molecule has 1 aromatic rings. The van der Waals surface area contributed by atoms with E-state index in [1.54, 1.807) is 0 Å². The minimum atomic E-state index is 0.998. The Labute approximate surface area is 101 Å². The Kier molecular flexibility index (Phi) is 5.73. The lowest BCUT2D eigenvalue weighted by molar-refractivity contribution is 0.316. The minimum Gasteiger partial charge on any atom is -0.384 e. The number of hydrogen-bond donors (Lipinski definition) is 1. The molecular weight excluding hydrogens is 252 g/mol. The van der Waals surface area contributed by atoms with Crippen molar-refractivity contribution < 1.29 is 0 Å². The Hall–Kier alpha value is -0.540. The van der Waals surface area contributed by atoms with E-state index in [0.29, 0.717) is 0 Å². The molecule has 2 nitrogen and oxygen atoms in total. The third kappa shape index (κ3) is 4.67. The quantitative estimate of drug-likeness (QED) is 0.854. The summed E-state index contributed by atoms with van der Waals surface area (Å²) in [4.78, 5) is 2.41. The molecule has 0 spiro atoms. The van der Waals surface area contributed by atoms with Gasteiger partial charge in [-0.05, 0) is 31.3 Å². The smallest absolute Gasteiger partial charge is 0.0351 e. The highest BCUT2D eigenvalue weighted by Gasteiger charge is 1.98. The summed E-state index contributed by atoms with van der Waals surface area (Å²) < 4.78 is 1.12. The first-order valence-corrected chi connectivity index (χ1v) is 6.27. The summed E-state index contributed by atoms with van der Waals surface area (Å²) in [6, 6.07) is 8.27. The van der Waals surface area contributed by atoms with Gasteiger partial charge in [0.05, 0.1) is 0 Å². The summed E-state index contributed by atoms with van der Waals surface area (Å²) in [7, 11) is 0. The number of rotatable bonds is 6. The van der Waals surface area contributed by atoms with Gasteiger partial charge in [0.1, 0.15) is 0 Å². The Balaban J connectivity index is 2.31. The van der Waals surface area contributed by atoms with E-state index in [4.69, 9.17) is 0 Å². The molecule has 15 heavy (non-hydrogen) atoms. The highest BCUT2D eigenvalue weighted by Crippen LogP contribution is 2.15. The van der Waals surface area contributed by atoms with Crippen molar-refractivity contribution in [1.82, 2.24) is 4.90 Å². The van der Waals surface area contributed by atoms with Crippen LogP contribution in [0.3, 0.4) is 0 Å². The summed E-state index contributed by atoms with van der Waals surface area (Å²) in [5.41, 5.74) is 1.18. The van der Waals surface area contributed by atoms with Crippen molar-refractivity contribution in [3.8, 4) is 0 Å². The van der Waals surface area contributed by atoms with Crippen molar-refractivity contribution in [2.24, 2.45) is 0 Å². The summed E-state index contributed by atoms with van der Waals surface area (Å²) in [5, 5.41) is 3.41. The topological polar surface area (TPSA) is 15.3 Å². The highest BCUT2D eigenvalue weighted by atomic mass is 79.9. The number of benzene rings is 1. The van der Waals surface area contributed by atoms with Gasteiger partial charge in [-0.25, -0.2) is 0 Å². The maximum atomic E-state index is 3.46. The largest absolute Gasteiger partial charge is 0.384 e. The molecule has 1 N–H and O–H groups in total. The maximum Gasteiger partial charge on any atom is 0.0351 e. The van der Waals surface area contributed by atoms with E-state index in [0.717, 1.165) is 30.7 Å². The monoisotopic (exact) mass is 270 g/mol. The molecule has 0 unspecified atom stereocenters. The van der Waals surface area contributed by atoms with Crippen LogP contribution in [0.1, 0.15) is 13.8 Å².